The van der Waals surface area contributed by atoms with Gasteiger partial charge in [0.25, 0.3) is 0 Å². The van der Waals surface area contributed by atoms with Crippen LogP contribution in [0.5, 0.6) is 28.7 Å². The summed E-state index contributed by atoms with van der Waals surface area (Å²) in [6.45, 7) is -2.17. The van der Waals surface area contributed by atoms with Crippen LogP contribution in [-0.4, -0.2) is 65.4 Å². The Balaban J connectivity index is 1.60. The molecule has 11 heteroatoms. The Labute approximate surface area is 237 Å². The van der Waals surface area contributed by atoms with Gasteiger partial charge >= 0.3 is 12.6 Å². The van der Waals surface area contributed by atoms with Crippen LogP contribution in [0.3, 0.4) is 0 Å². The van der Waals surface area contributed by atoms with Gasteiger partial charge < -0.3 is 38.8 Å². The summed E-state index contributed by atoms with van der Waals surface area (Å²) in [7, 11) is 5.82. The van der Waals surface area contributed by atoms with Crippen LogP contribution in [0.1, 0.15) is 16.7 Å². The van der Waals surface area contributed by atoms with Crippen molar-refractivity contribution in [3.05, 3.63) is 77.4 Å². The van der Waals surface area contributed by atoms with Crippen molar-refractivity contribution in [3.8, 4) is 28.7 Å². The summed E-state index contributed by atoms with van der Waals surface area (Å²) < 4.78 is 55.7. The number of nitrogens with one attached hydrogen (secondary N) is 1. The van der Waals surface area contributed by atoms with E-state index in [0.29, 0.717) is 46.2 Å². The Morgan fingerprint density at radius 1 is 0.902 bits per heavy atom. The minimum absolute atomic E-state index is 0.0264. The Kier molecular flexibility index (Phi) is 11.7. The van der Waals surface area contributed by atoms with E-state index < -0.39 is 18.7 Å². The number of alkyl halides is 2. The quantitative estimate of drug-likeness (QED) is 0.154. The van der Waals surface area contributed by atoms with E-state index in [-0.39, 0.29) is 18.9 Å². The molecule has 0 amide bonds. The largest absolute Gasteiger partial charge is 0.493 e. The predicted molar refractivity (Wildman–Crippen MR) is 149 cm³/mol. The lowest BCUT2D eigenvalue weighted by atomic mass is 10.0. The average Bonchev–Trinajstić information content (AvgIpc) is 2.98. The number of ether oxygens (including phenoxy) is 6. The van der Waals surface area contributed by atoms with Crippen LogP contribution in [-0.2, 0) is 16.1 Å². The maximum Gasteiger partial charge on any atom is 0.387 e. The molecular weight excluding hydrogens is 540 g/mol. The molecule has 9 nitrogen and oxygen atoms in total. The summed E-state index contributed by atoms with van der Waals surface area (Å²) >= 11 is 0. The van der Waals surface area contributed by atoms with E-state index >= 15 is 0 Å². The van der Waals surface area contributed by atoms with Crippen LogP contribution in [0.2, 0.25) is 0 Å². The minimum atomic E-state index is -2.87. The fourth-order valence-electron chi connectivity index (χ4n) is 3.88. The van der Waals surface area contributed by atoms with E-state index in [1.165, 1.54) is 40.6 Å². The van der Waals surface area contributed by atoms with Crippen LogP contribution < -0.4 is 29.0 Å². The highest BCUT2D eigenvalue weighted by Gasteiger charge is 2.17. The zero-order chi connectivity index (χ0) is 29.8. The standard InChI is InChI=1S/C30H33F2NO8/c1-36-26-14-20(15-27(37-2)28(26)38-3)13-25(29(35)39-4)21-7-11-23(12-8-21)40-18-22(34)17-33-16-19-5-9-24(10-6-19)41-30(31)32/h5-15,22,30,33-34H,16-18H2,1-4H3/b25-13+. The van der Waals surface area contributed by atoms with E-state index in [4.69, 9.17) is 23.7 Å². The minimum Gasteiger partial charge on any atom is -0.493 e. The van der Waals surface area contributed by atoms with Crippen molar-refractivity contribution in [1.29, 1.82) is 0 Å². The number of carbonyl (C=O) groups is 1. The lowest BCUT2D eigenvalue weighted by Gasteiger charge is -2.15. The van der Waals surface area contributed by atoms with Gasteiger partial charge in [-0.25, -0.2) is 4.79 Å². The number of rotatable bonds is 15. The highest BCUT2D eigenvalue weighted by atomic mass is 19.3. The molecule has 0 fully saturated rings. The first-order chi connectivity index (χ1) is 19.8. The molecule has 3 aromatic carbocycles. The molecular formula is C30H33F2NO8. The number of carbonyl (C=O) groups excluding carboxylic acids is 1. The number of aliphatic hydroxyl groups is 1. The van der Waals surface area contributed by atoms with E-state index in [1.807, 2.05) is 0 Å². The van der Waals surface area contributed by atoms with Crippen molar-refractivity contribution < 1.29 is 47.1 Å². The fourth-order valence-corrected chi connectivity index (χ4v) is 3.88. The second-order valence-corrected chi connectivity index (χ2v) is 8.65. The summed E-state index contributed by atoms with van der Waals surface area (Å²) in [5.41, 5.74) is 2.36. The van der Waals surface area contributed by atoms with E-state index in [0.717, 1.165) is 5.56 Å². The highest BCUT2D eigenvalue weighted by Crippen LogP contribution is 2.39. The summed E-state index contributed by atoms with van der Waals surface area (Å²) in [6, 6.07) is 16.5. The van der Waals surface area contributed by atoms with Gasteiger partial charge in [-0.2, -0.15) is 8.78 Å². The lowest BCUT2D eigenvalue weighted by Crippen LogP contribution is -2.31. The molecule has 0 aliphatic rings. The topological polar surface area (TPSA) is 105 Å². The Hall–Kier alpha value is -4.35. The molecule has 3 rings (SSSR count). The SMILES string of the molecule is COC(=O)/C(=C/c1cc(OC)c(OC)c(OC)c1)c1ccc(OCC(O)CNCc2ccc(OC(F)F)cc2)cc1. The van der Waals surface area contributed by atoms with E-state index in [2.05, 4.69) is 10.1 Å². The third kappa shape index (κ3) is 9.09. The third-order valence-electron chi connectivity index (χ3n) is 5.87. The summed E-state index contributed by atoms with van der Waals surface area (Å²) in [4.78, 5) is 12.6. The monoisotopic (exact) mass is 573 g/mol. The van der Waals surface area contributed by atoms with Crippen molar-refractivity contribution in [3.63, 3.8) is 0 Å². The van der Waals surface area contributed by atoms with E-state index in [9.17, 15) is 18.7 Å². The van der Waals surface area contributed by atoms with Crippen LogP contribution >= 0.6 is 0 Å². The van der Waals surface area contributed by atoms with Crippen molar-refractivity contribution in [2.45, 2.75) is 19.3 Å². The van der Waals surface area contributed by atoms with Crippen molar-refractivity contribution in [1.82, 2.24) is 5.32 Å². The number of hydrogen-bond acceptors (Lipinski definition) is 9. The second-order valence-electron chi connectivity index (χ2n) is 8.65. The normalized spacial score (nSPS) is 12.0. The first kappa shape index (κ1) is 31.2. The number of hydrogen-bond donors (Lipinski definition) is 2. The van der Waals surface area contributed by atoms with E-state index in [1.54, 1.807) is 54.6 Å². The zero-order valence-electron chi connectivity index (χ0n) is 23.2. The van der Waals surface area contributed by atoms with Gasteiger partial charge in [-0.15, -0.1) is 0 Å². The third-order valence-corrected chi connectivity index (χ3v) is 5.87. The van der Waals surface area contributed by atoms with Gasteiger partial charge in [-0.3, -0.25) is 0 Å². The van der Waals surface area contributed by atoms with Gasteiger partial charge in [0.15, 0.2) is 11.5 Å². The molecule has 2 N–H and O–H groups in total. The molecule has 220 valence electrons. The van der Waals surface area contributed by atoms with Crippen LogP contribution in [0.25, 0.3) is 11.6 Å². The van der Waals surface area contributed by atoms with Gasteiger partial charge in [0.2, 0.25) is 5.75 Å². The molecule has 1 atom stereocenters. The molecule has 0 saturated heterocycles. The molecule has 0 aliphatic heterocycles. The molecule has 41 heavy (non-hydrogen) atoms. The van der Waals surface area contributed by atoms with Crippen molar-refractivity contribution in [2.75, 3.05) is 41.6 Å². The smallest absolute Gasteiger partial charge is 0.387 e. The maximum absolute atomic E-state index is 12.6. The van der Waals surface area contributed by atoms with Gasteiger partial charge in [0.1, 0.15) is 24.2 Å². The van der Waals surface area contributed by atoms with Gasteiger partial charge in [-0.1, -0.05) is 24.3 Å². The zero-order valence-corrected chi connectivity index (χ0v) is 23.2. The fraction of sp³-hybridized carbons (Fsp3) is 0.300. The molecule has 1 unspecified atom stereocenters. The number of esters is 1. The molecule has 0 saturated carbocycles. The first-order valence-electron chi connectivity index (χ1n) is 12.5. The van der Waals surface area contributed by atoms with Crippen LogP contribution in [0.4, 0.5) is 8.78 Å². The van der Waals surface area contributed by atoms with Gasteiger partial charge in [0.05, 0.1) is 34.0 Å². The number of halogens is 2. The highest BCUT2D eigenvalue weighted by molar-refractivity contribution is 6.21. The first-order valence-corrected chi connectivity index (χ1v) is 12.5. The number of methoxy groups -OCH3 is 4. The second kappa shape index (κ2) is 15.4. The van der Waals surface area contributed by atoms with Crippen LogP contribution in [0, 0.1) is 0 Å². The van der Waals surface area contributed by atoms with Gasteiger partial charge in [0, 0.05) is 13.1 Å². The molecule has 0 radical (unpaired) electrons. The Morgan fingerprint density at radius 3 is 2.05 bits per heavy atom. The molecule has 0 bridgehead atoms. The molecule has 0 aromatic heterocycles. The number of benzene rings is 3. The summed E-state index contributed by atoms with van der Waals surface area (Å²) in [6.07, 6.45) is 0.850. The lowest BCUT2D eigenvalue weighted by molar-refractivity contribution is -0.133. The van der Waals surface area contributed by atoms with Crippen LogP contribution in [0.15, 0.2) is 60.7 Å². The molecule has 0 aliphatic carbocycles. The predicted octanol–water partition coefficient (Wildman–Crippen LogP) is 4.56. The molecule has 0 heterocycles. The summed E-state index contributed by atoms with van der Waals surface area (Å²) in [5, 5.41) is 13.4. The average molecular weight is 574 g/mol. The Morgan fingerprint density at radius 2 is 1.51 bits per heavy atom. The molecule has 3 aromatic rings. The van der Waals surface area contributed by atoms with Crippen molar-refractivity contribution in [2.24, 2.45) is 0 Å². The maximum atomic E-state index is 12.6. The Bertz CT molecular complexity index is 1270. The van der Waals surface area contributed by atoms with Crippen molar-refractivity contribution >= 4 is 17.6 Å². The summed E-state index contributed by atoms with van der Waals surface area (Å²) in [5.74, 6) is 1.36. The van der Waals surface area contributed by atoms with Gasteiger partial charge in [-0.05, 0) is 59.2 Å². The molecule has 0 spiro atoms. The number of aliphatic hydroxyl groups excluding tert-OH is 1.